The third-order valence-electron chi connectivity index (χ3n) is 6.37. The maximum Gasteiger partial charge on any atom is 0.309 e. The Kier molecular flexibility index (Phi) is 5.09. The quantitative estimate of drug-likeness (QED) is 0.537. The van der Waals surface area contributed by atoms with Gasteiger partial charge in [0.2, 0.25) is 0 Å². The van der Waals surface area contributed by atoms with Gasteiger partial charge in [0.05, 0.1) is 23.5 Å². The molecule has 0 saturated carbocycles. The van der Waals surface area contributed by atoms with Crippen LogP contribution in [0.1, 0.15) is 59.8 Å². The number of carbonyl (C=O) groups is 2. The van der Waals surface area contributed by atoms with E-state index < -0.39 is 35.6 Å². The van der Waals surface area contributed by atoms with Crippen LogP contribution in [0.15, 0.2) is 11.6 Å². The molecular formula is C20H30O5. The number of esters is 1. The van der Waals surface area contributed by atoms with Gasteiger partial charge >= 0.3 is 5.97 Å². The highest BCUT2D eigenvalue weighted by Crippen LogP contribution is 2.43. The number of rotatable bonds is 0. The molecule has 2 fully saturated rings. The van der Waals surface area contributed by atoms with Crippen LogP contribution in [0.3, 0.4) is 0 Å². The lowest BCUT2D eigenvalue weighted by Gasteiger charge is -2.36. The van der Waals surface area contributed by atoms with Crippen LogP contribution in [0, 0.1) is 17.8 Å². The van der Waals surface area contributed by atoms with Crippen LogP contribution in [-0.2, 0) is 19.1 Å². The van der Waals surface area contributed by atoms with Crippen LogP contribution in [-0.4, -0.2) is 40.8 Å². The number of aliphatic hydroxyl groups is 1. The van der Waals surface area contributed by atoms with E-state index in [-0.39, 0.29) is 11.9 Å². The molecule has 7 atom stereocenters. The molecule has 0 aromatic carbocycles. The lowest BCUT2D eigenvalue weighted by atomic mass is 9.79. The molecule has 3 heterocycles. The monoisotopic (exact) mass is 350 g/mol. The first kappa shape index (κ1) is 18.6. The summed E-state index contributed by atoms with van der Waals surface area (Å²) in [4.78, 5) is 25.0. The number of ether oxygens (including phenoxy) is 2. The van der Waals surface area contributed by atoms with Gasteiger partial charge in [-0.3, -0.25) is 9.59 Å². The van der Waals surface area contributed by atoms with Crippen molar-refractivity contribution in [1.82, 2.24) is 0 Å². The van der Waals surface area contributed by atoms with E-state index in [1.807, 2.05) is 13.8 Å². The summed E-state index contributed by atoms with van der Waals surface area (Å²) in [6.07, 6.45) is 4.23. The van der Waals surface area contributed by atoms with E-state index in [0.717, 1.165) is 24.8 Å². The molecule has 140 valence electrons. The molecule has 0 spiro atoms. The highest BCUT2D eigenvalue weighted by molar-refractivity contribution is 5.91. The van der Waals surface area contributed by atoms with Gasteiger partial charge in [0.1, 0.15) is 18.0 Å². The second-order valence-corrected chi connectivity index (χ2v) is 8.42. The fourth-order valence-corrected chi connectivity index (χ4v) is 4.57. The van der Waals surface area contributed by atoms with E-state index in [0.29, 0.717) is 18.8 Å². The summed E-state index contributed by atoms with van der Waals surface area (Å²) in [5, 5.41) is 11.0. The number of hydrogen-bond donors (Lipinski definition) is 1. The molecule has 0 aromatic rings. The predicted octanol–water partition coefficient (Wildman–Crippen LogP) is 2.80. The Morgan fingerprint density at radius 2 is 1.96 bits per heavy atom. The lowest BCUT2D eigenvalue weighted by molar-refractivity contribution is -0.171. The first-order valence-electron chi connectivity index (χ1n) is 9.47. The number of allylic oxidation sites excluding steroid dienone is 2. The summed E-state index contributed by atoms with van der Waals surface area (Å²) >= 11 is 0. The van der Waals surface area contributed by atoms with Gasteiger partial charge < -0.3 is 14.6 Å². The van der Waals surface area contributed by atoms with Gasteiger partial charge in [-0.05, 0) is 45.4 Å². The van der Waals surface area contributed by atoms with Gasteiger partial charge in [-0.2, -0.15) is 0 Å². The smallest absolute Gasteiger partial charge is 0.309 e. The summed E-state index contributed by atoms with van der Waals surface area (Å²) in [5.74, 6) is -1.17. The second-order valence-electron chi connectivity index (χ2n) is 8.42. The molecule has 0 radical (unpaired) electrons. The molecule has 0 aliphatic carbocycles. The minimum Gasteiger partial charge on any atom is -0.458 e. The van der Waals surface area contributed by atoms with E-state index >= 15 is 0 Å². The van der Waals surface area contributed by atoms with Gasteiger partial charge in [0, 0.05) is 6.42 Å². The van der Waals surface area contributed by atoms with Crippen LogP contribution in [0.5, 0.6) is 0 Å². The van der Waals surface area contributed by atoms with Gasteiger partial charge in [-0.1, -0.05) is 25.5 Å². The number of aliphatic hydroxyl groups excluding tert-OH is 1. The Labute approximate surface area is 149 Å². The highest BCUT2D eigenvalue weighted by atomic mass is 16.6. The van der Waals surface area contributed by atoms with Gasteiger partial charge in [0.15, 0.2) is 0 Å². The number of Topliss-reactive ketones (excluding diaryl/α,β-unsaturated/α-hetero) is 1. The summed E-state index contributed by atoms with van der Waals surface area (Å²) in [6, 6.07) is 0. The van der Waals surface area contributed by atoms with E-state index in [4.69, 9.17) is 9.47 Å². The van der Waals surface area contributed by atoms with E-state index in [2.05, 4.69) is 13.0 Å². The minimum atomic E-state index is -0.988. The fraction of sp³-hybridized carbons (Fsp3) is 0.800. The summed E-state index contributed by atoms with van der Waals surface area (Å²) in [6.45, 7) is 7.74. The number of ketones is 1. The van der Waals surface area contributed by atoms with E-state index in [1.165, 1.54) is 0 Å². The van der Waals surface area contributed by atoms with Crippen molar-refractivity contribution in [2.24, 2.45) is 17.8 Å². The Balaban J connectivity index is 1.95. The molecule has 3 aliphatic rings. The average molecular weight is 350 g/mol. The molecule has 1 N–H and O–H groups in total. The number of hydrogen-bond acceptors (Lipinski definition) is 5. The zero-order valence-corrected chi connectivity index (χ0v) is 15.7. The van der Waals surface area contributed by atoms with Crippen molar-refractivity contribution in [2.75, 3.05) is 0 Å². The standard InChI is InChI=1S/C20H30O5/c1-11-6-5-7-12(2)15-8-9-20(4,25-15)18(22)17-16(14(21)10-11)13(3)19(23)24-17/h6,12-13,15-18,22H,5,7-10H2,1-4H3/b11-6+/t12-,13+,15-,16-,17-,18+,20-/m0/s1. The Morgan fingerprint density at radius 3 is 2.68 bits per heavy atom. The van der Waals surface area contributed by atoms with Gasteiger partial charge in [-0.25, -0.2) is 0 Å². The summed E-state index contributed by atoms with van der Waals surface area (Å²) in [5.41, 5.74) is 0.247. The molecule has 0 amide bonds. The third-order valence-corrected chi connectivity index (χ3v) is 6.37. The van der Waals surface area contributed by atoms with Crippen LogP contribution in [0.2, 0.25) is 0 Å². The SMILES string of the molecule is C/C1=C\CC[C@H](C)[C@@H]2CC[C@](C)(O2)[C@H](O)[C@H]2OC(=O)[C@H](C)[C@H]2C(=O)C1. The van der Waals surface area contributed by atoms with Crippen LogP contribution in [0.25, 0.3) is 0 Å². The molecule has 2 bridgehead atoms. The third kappa shape index (κ3) is 3.41. The Bertz CT molecular complexity index is 583. The average Bonchev–Trinajstić information content (AvgIpc) is 3.08. The van der Waals surface area contributed by atoms with Gasteiger partial charge in [0.25, 0.3) is 0 Å². The van der Waals surface area contributed by atoms with Gasteiger partial charge in [-0.15, -0.1) is 0 Å². The predicted molar refractivity (Wildman–Crippen MR) is 92.8 cm³/mol. The zero-order valence-electron chi connectivity index (χ0n) is 15.7. The normalized spacial score (nSPS) is 47.8. The van der Waals surface area contributed by atoms with Crippen LogP contribution in [0.4, 0.5) is 0 Å². The minimum absolute atomic E-state index is 0.0263. The molecule has 2 saturated heterocycles. The number of carbonyl (C=O) groups excluding carboxylic acids is 2. The molecule has 0 unspecified atom stereocenters. The van der Waals surface area contributed by atoms with Crippen molar-refractivity contribution in [2.45, 2.75) is 83.7 Å². The Hall–Kier alpha value is -1.20. The molecule has 3 rings (SSSR count). The van der Waals surface area contributed by atoms with Crippen molar-refractivity contribution in [3.05, 3.63) is 11.6 Å². The highest BCUT2D eigenvalue weighted by Gasteiger charge is 2.55. The summed E-state index contributed by atoms with van der Waals surface area (Å²) < 4.78 is 11.7. The molecular weight excluding hydrogens is 320 g/mol. The molecule has 25 heavy (non-hydrogen) atoms. The van der Waals surface area contributed by atoms with Crippen molar-refractivity contribution < 1.29 is 24.2 Å². The maximum atomic E-state index is 12.9. The first-order chi connectivity index (χ1) is 11.7. The molecule has 5 nitrogen and oxygen atoms in total. The largest absolute Gasteiger partial charge is 0.458 e. The molecule has 0 aromatic heterocycles. The van der Waals surface area contributed by atoms with E-state index in [9.17, 15) is 14.7 Å². The Morgan fingerprint density at radius 1 is 1.24 bits per heavy atom. The zero-order chi connectivity index (χ0) is 18.4. The topological polar surface area (TPSA) is 72.8 Å². The van der Waals surface area contributed by atoms with Crippen molar-refractivity contribution in [3.63, 3.8) is 0 Å². The van der Waals surface area contributed by atoms with Crippen molar-refractivity contribution in [3.8, 4) is 0 Å². The maximum absolute atomic E-state index is 12.9. The molecule has 5 heteroatoms. The van der Waals surface area contributed by atoms with E-state index in [1.54, 1.807) is 6.92 Å². The number of fused-ring (bicyclic) bond motifs is 3. The first-order valence-corrected chi connectivity index (χ1v) is 9.47. The van der Waals surface area contributed by atoms with Crippen molar-refractivity contribution in [1.29, 1.82) is 0 Å². The van der Waals surface area contributed by atoms with Crippen molar-refractivity contribution >= 4 is 11.8 Å². The summed E-state index contributed by atoms with van der Waals surface area (Å²) in [7, 11) is 0. The second kappa shape index (κ2) is 6.84. The molecule has 3 aliphatic heterocycles. The fourth-order valence-electron chi connectivity index (χ4n) is 4.57. The van der Waals surface area contributed by atoms with Crippen LogP contribution >= 0.6 is 0 Å². The lowest BCUT2D eigenvalue weighted by Crippen LogP contribution is -2.51. The van der Waals surface area contributed by atoms with Crippen LogP contribution < -0.4 is 0 Å².